The lowest BCUT2D eigenvalue weighted by atomic mass is 10.1. The minimum atomic E-state index is -3.72. The maximum atomic E-state index is 13.5. The van der Waals surface area contributed by atoms with Crippen LogP contribution in [-0.4, -0.2) is 50.5 Å². The van der Waals surface area contributed by atoms with Gasteiger partial charge in [-0.2, -0.15) is 0 Å². The monoisotopic (exact) mass is 459 g/mol. The van der Waals surface area contributed by atoms with E-state index in [1.807, 2.05) is 52.0 Å². The van der Waals surface area contributed by atoms with E-state index in [1.54, 1.807) is 24.3 Å². The number of benzene rings is 2. The molecule has 2 aromatic carbocycles. The number of aryl methyl sites for hydroxylation is 2. The molecule has 0 saturated heterocycles. The lowest BCUT2D eigenvalue weighted by Crippen LogP contribution is -2.52. The van der Waals surface area contributed by atoms with Gasteiger partial charge in [-0.3, -0.25) is 13.9 Å². The molecule has 7 nitrogen and oxygen atoms in total. The van der Waals surface area contributed by atoms with E-state index in [2.05, 4.69) is 5.32 Å². The van der Waals surface area contributed by atoms with Crippen molar-refractivity contribution in [1.29, 1.82) is 0 Å². The Morgan fingerprint density at radius 3 is 1.94 bits per heavy atom. The molecule has 1 atom stereocenters. The minimum Gasteiger partial charge on any atom is -0.355 e. The van der Waals surface area contributed by atoms with E-state index < -0.39 is 22.0 Å². The lowest BCUT2D eigenvalue weighted by Gasteiger charge is -2.32. The Morgan fingerprint density at radius 1 is 0.938 bits per heavy atom. The van der Waals surface area contributed by atoms with Gasteiger partial charge in [0, 0.05) is 13.1 Å². The molecule has 0 heterocycles. The van der Waals surface area contributed by atoms with Crippen LogP contribution in [0.3, 0.4) is 0 Å². The zero-order valence-corrected chi connectivity index (χ0v) is 20.3. The van der Waals surface area contributed by atoms with Crippen molar-refractivity contribution in [1.82, 2.24) is 10.2 Å². The average molecular weight is 460 g/mol. The number of anilines is 1. The molecule has 0 spiro atoms. The summed E-state index contributed by atoms with van der Waals surface area (Å²) in [5.41, 5.74) is 3.35. The van der Waals surface area contributed by atoms with Crippen LogP contribution in [0.5, 0.6) is 0 Å². The smallest absolute Gasteiger partial charge is 0.244 e. The predicted octanol–water partition coefficient (Wildman–Crippen LogP) is 3.01. The van der Waals surface area contributed by atoms with Crippen LogP contribution in [0.1, 0.15) is 37.0 Å². The summed E-state index contributed by atoms with van der Waals surface area (Å²) in [7, 11) is -3.72. The standard InChI is InChI=1S/C24H33N3O4S/c1-6-22(24(29)25-7-2)26(16-20-12-8-18(3)9-13-20)23(28)17-27(32(5,30)31)21-14-10-19(4)11-15-21/h8-15,22H,6-7,16-17H2,1-5H3,(H,25,29). The summed E-state index contributed by atoms with van der Waals surface area (Å²) in [6.45, 7) is 7.80. The summed E-state index contributed by atoms with van der Waals surface area (Å²) in [5, 5.41) is 2.78. The van der Waals surface area contributed by atoms with E-state index in [9.17, 15) is 18.0 Å². The van der Waals surface area contributed by atoms with Crippen LogP contribution in [0.4, 0.5) is 5.69 Å². The topological polar surface area (TPSA) is 86.8 Å². The van der Waals surface area contributed by atoms with Crippen LogP contribution in [0.15, 0.2) is 48.5 Å². The molecule has 0 fully saturated rings. The second-order valence-corrected chi connectivity index (χ2v) is 9.84. The van der Waals surface area contributed by atoms with Crippen LogP contribution >= 0.6 is 0 Å². The van der Waals surface area contributed by atoms with E-state index in [0.717, 1.165) is 27.3 Å². The van der Waals surface area contributed by atoms with Crippen molar-refractivity contribution >= 4 is 27.5 Å². The largest absolute Gasteiger partial charge is 0.355 e. The molecule has 0 radical (unpaired) electrons. The number of rotatable bonds is 10. The molecular formula is C24H33N3O4S. The molecule has 8 heteroatoms. The van der Waals surface area contributed by atoms with E-state index in [-0.39, 0.29) is 19.0 Å². The number of likely N-dealkylation sites (N-methyl/N-ethyl adjacent to an activating group) is 1. The zero-order chi connectivity index (χ0) is 23.9. The first-order valence-corrected chi connectivity index (χ1v) is 12.6. The molecule has 0 bridgehead atoms. The highest BCUT2D eigenvalue weighted by Crippen LogP contribution is 2.20. The Morgan fingerprint density at radius 2 is 1.47 bits per heavy atom. The first-order valence-electron chi connectivity index (χ1n) is 10.7. The van der Waals surface area contributed by atoms with Gasteiger partial charge in [0.25, 0.3) is 0 Å². The molecule has 0 aromatic heterocycles. The fourth-order valence-electron chi connectivity index (χ4n) is 3.43. The molecule has 0 aliphatic carbocycles. The summed E-state index contributed by atoms with van der Waals surface area (Å²) in [5.74, 6) is -0.689. The SMILES string of the molecule is CCNC(=O)C(CC)N(Cc1ccc(C)cc1)C(=O)CN(c1ccc(C)cc1)S(C)(=O)=O. The summed E-state index contributed by atoms with van der Waals surface area (Å²) >= 11 is 0. The molecule has 1 N–H and O–H groups in total. The third-order valence-corrected chi connectivity index (χ3v) is 6.35. The Kier molecular flexibility index (Phi) is 8.83. The van der Waals surface area contributed by atoms with Gasteiger partial charge in [0.05, 0.1) is 11.9 Å². The fraction of sp³-hybridized carbons (Fsp3) is 0.417. The molecule has 2 rings (SSSR count). The molecule has 1 unspecified atom stereocenters. The molecule has 32 heavy (non-hydrogen) atoms. The molecule has 174 valence electrons. The summed E-state index contributed by atoms with van der Waals surface area (Å²) in [4.78, 5) is 27.7. The molecule has 0 aliphatic heterocycles. The maximum Gasteiger partial charge on any atom is 0.244 e. The highest BCUT2D eigenvalue weighted by Gasteiger charge is 2.31. The Hall–Kier alpha value is -2.87. The molecular weight excluding hydrogens is 426 g/mol. The third-order valence-electron chi connectivity index (χ3n) is 5.21. The van der Waals surface area contributed by atoms with Gasteiger partial charge in [0.1, 0.15) is 12.6 Å². The number of carbonyl (C=O) groups is 2. The van der Waals surface area contributed by atoms with Gasteiger partial charge < -0.3 is 10.2 Å². The van der Waals surface area contributed by atoms with Crippen molar-refractivity contribution in [2.24, 2.45) is 0 Å². The first-order chi connectivity index (χ1) is 15.1. The van der Waals surface area contributed by atoms with E-state index in [4.69, 9.17) is 0 Å². The number of nitrogens with one attached hydrogen (secondary N) is 1. The van der Waals surface area contributed by atoms with Gasteiger partial charge in [-0.15, -0.1) is 0 Å². The Bertz CT molecular complexity index is 1020. The van der Waals surface area contributed by atoms with Gasteiger partial charge >= 0.3 is 0 Å². The van der Waals surface area contributed by atoms with Crippen molar-refractivity contribution in [3.63, 3.8) is 0 Å². The van der Waals surface area contributed by atoms with E-state index >= 15 is 0 Å². The van der Waals surface area contributed by atoms with Gasteiger partial charge in [0.15, 0.2) is 0 Å². The van der Waals surface area contributed by atoms with Gasteiger partial charge in [-0.25, -0.2) is 8.42 Å². The lowest BCUT2D eigenvalue weighted by molar-refractivity contribution is -0.140. The van der Waals surface area contributed by atoms with Crippen molar-refractivity contribution in [3.05, 3.63) is 65.2 Å². The molecule has 2 aromatic rings. The van der Waals surface area contributed by atoms with Gasteiger partial charge in [-0.05, 0) is 44.9 Å². The number of carbonyl (C=O) groups excluding carboxylic acids is 2. The summed E-state index contributed by atoms with van der Waals surface area (Å²) in [6, 6.07) is 14.0. The number of hydrogen-bond acceptors (Lipinski definition) is 4. The normalized spacial score (nSPS) is 12.2. The van der Waals surface area contributed by atoms with Crippen molar-refractivity contribution in [2.45, 2.75) is 46.7 Å². The van der Waals surface area contributed by atoms with Crippen molar-refractivity contribution in [2.75, 3.05) is 23.7 Å². The second kappa shape index (κ2) is 11.1. The molecule has 0 aliphatic rings. The Labute approximate surface area is 191 Å². The highest BCUT2D eigenvalue weighted by molar-refractivity contribution is 7.92. The van der Waals surface area contributed by atoms with Crippen LogP contribution < -0.4 is 9.62 Å². The van der Waals surface area contributed by atoms with Crippen molar-refractivity contribution < 1.29 is 18.0 Å². The fourth-order valence-corrected chi connectivity index (χ4v) is 4.28. The zero-order valence-electron chi connectivity index (χ0n) is 19.5. The third kappa shape index (κ3) is 6.82. The minimum absolute atomic E-state index is 0.209. The number of nitrogens with zero attached hydrogens (tertiary/aromatic N) is 2. The molecule has 2 amide bonds. The number of amides is 2. The van der Waals surface area contributed by atoms with Crippen molar-refractivity contribution in [3.8, 4) is 0 Å². The van der Waals surface area contributed by atoms with Crippen LogP contribution in [0.25, 0.3) is 0 Å². The van der Waals surface area contributed by atoms with Gasteiger partial charge in [0.2, 0.25) is 21.8 Å². The molecule has 0 saturated carbocycles. The van der Waals surface area contributed by atoms with Crippen LogP contribution in [0.2, 0.25) is 0 Å². The first kappa shape index (κ1) is 25.4. The van der Waals surface area contributed by atoms with Crippen LogP contribution in [-0.2, 0) is 26.2 Å². The Balaban J connectivity index is 2.40. The highest BCUT2D eigenvalue weighted by atomic mass is 32.2. The van der Waals surface area contributed by atoms with Gasteiger partial charge in [-0.1, -0.05) is 54.4 Å². The quantitative estimate of drug-likeness (QED) is 0.592. The second-order valence-electron chi connectivity index (χ2n) is 7.93. The van der Waals surface area contributed by atoms with Crippen LogP contribution in [0, 0.1) is 13.8 Å². The predicted molar refractivity (Wildman–Crippen MR) is 128 cm³/mol. The maximum absolute atomic E-state index is 13.5. The average Bonchev–Trinajstić information content (AvgIpc) is 2.73. The number of sulfonamides is 1. The van der Waals surface area contributed by atoms with E-state index in [1.165, 1.54) is 4.90 Å². The van der Waals surface area contributed by atoms with E-state index in [0.29, 0.717) is 18.7 Å². The summed E-state index contributed by atoms with van der Waals surface area (Å²) < 4.78 is 26.1. The summed E-state index contributed by atoms with van der Waals surface area (Å²) in [6.07, 6.45) is 1.48. The number of hydrogen-bond donors (Lipinski definition) is 1.